The molecule has 0 bridgehead atoms. The summed E-state index contributed by atoms with van der Waals surface area (Å²) in [7, 11) is -4.04. The van der Waals surface area contributed by atoms with Crippen molar-refractivity contribution in [2.45, 2.75) is 18.7 Å². The van der Waals surface area contributed by atoms with Crippen LogP contribution in [0.1, 0.15) is 11.3 Å². The Bertz CT molecular complexity index is 1130. The number of rotatable bonds is 4. The van der Waals surface area contributed by atoms with Crippen LogP contribution in [0.15, 0.2) is 72.9 Å². The molecule has 1 N–H and O–H groups in total. The number of H-pyrrole nitrogens is 1. The SMILES string of the molecule is Cc1ccc(S(=O)(=O)n2[nH]c(C)c(N=Nc3ccc(Br)cc3)c2=O)cc1. The standard InChI is InChI=1S/C17H15BrN4O3S/c1-11-3-9-15(10-4-11)26(24,25)22-17(23)16(12(2)21-22)20-19-14-7-5-13(18)6-8-14/h3-10,21H,1-2H3. The second-order valence-electron chi connectivity index (χ2n) is 5.65. The summed E-state index contributed by atoms with van der Waals surface area (Å²) >= 11 is 3.32. The van der Waals surface area contributed by atoms with Crippen molar-refractivity contribution in [3.63, 3.8) is 0 Å². The van der Waals surface area contributed by atoms with Gasteiger partial charge >= 0.3 is 5.56 Å². The minimum atomic E-state index is -4.04. The summed E-state index contributed by atoms with van der Waals surface area (Å²) in [5.74, 6) is 0. The molecule has 7 nitrogen and oxygen atoms in total. The smallest absolute Gasteiger partial charge is 0.283 e. The zero-order valence-corrected chi connectivity index (χ0v) is 16.4. The second kappa shape index (κ2) is 7.00. The lowest BCUT2D eigenvalue weighted by Gasteiger charge is -2.04. The van der Waals surface area contributed by atoms with E-state index < -0.39 is 15.6 Å². The number of halogens is 1. The minimum Gasteiger partial charge on any atom is -0.283 e. The highest BCUT2D eigenvalue weighted by Crippen LogP contribution is 2.21. The van der Waals surface area contributed by atoms with Crippen LogP contribution >= 0.6 is 15.9 Å². The minimum absolute atomic E-state index is 0.0165. The summed E-state index contributed by atoms with van der Waals surface area (Å²) in [4.78, 5) is 12.6. The number of aryl methyl sites for hydroxylation is 2. The molecule has 3 aromatic rings. The summed E-state index contributed by atoms with van der Waals surface area (Å²) in [6, 6.07) is 13.3. The fourth-order valence-corrected chi connectivity index (χ4v) is 3.75. The van der Waals surface area contributed by atoms with Gasteiger partial charge in [0.15, 0.2) is 5.69 Å². The van der Waals surface area contributed by atoms with Crippen molar-refractivity contribution in [1.82, 2.24) is 9.19 Å². The molecule has 0 amide bonds. The van der Waals surface area contributed by atoms with Gasteiger partial charge in [-0.3, -0.25) is 9.89 Å². The zero-order chi connectivity index (χ0) is 18.9. The van der Waals surface area contributed by atoms with Crippen LogP contribution in [0.4, 0.5) is 11.4 Å². The van der Waals surface area contributed by atoms with E-state index in [2.05, 4.69) is 31.3 Å². The van der Waals surface area contributed by atoms with Gasteiger partial charge in [0.25, 0.3) is 10.0 Å². The van der Waals surface area contributed by atoms with Gasteiger partial charge in [-0.2, -0.15) is 13.5 Å². The van der Waals surface area contributed by atoms with E-state index >= 15 is 0 Å². The summed E-state index contributed by atoms with van der Waals surface area (Å²) in [6.07, 6.45) is 0. The van der Waals surface area contributed by atoms with E-state index in [1.54, 1.807) is 43.3 Å². The van der Waals surface area contributed by atoms with Gasteiger partial charge < -0.3 is 0 Å². The maximum Gasteiger partial charge on any atom is 0.309 e. The highest BCUT2D eigenvalue weighted by molar-refractivity contribution is 9.10. The lowest BCUT2D eigenvalue weighted by molar-refractivity contribution is 0.577. The van der Waals surface area contributed by atoms with Gasteiger partial charge in [0.2, 0.25) is 0 Å². The van der Waals surface area contributed by atoms with E-state index in [0.29, 0.717) is 15.5 Å². The Labute approximate surface area is 158 Å². The largest absolute Gasteiger partial charge is 0.309 e. The summed E-state index contributed by atoms with van der Waals surface area (Å²) in [5, 5.41) is 10.5. The zero-order valence-electron chi connectivity index (χ0n) is 14.0. The molecule has 0 spiro atoms. The van der Waals surface area contributed by atoms with E-state index in [0.717, 1.165) is 10.0 Å². The van der Waals surface area contributed by atoms with E-state index in [-0.39, 0.29) is 10.6 Å². The number of hydrogen-bond acceptors (Lipinski definition) is 5. The molecular weight excluding hydrogens is 420 g/mol. The fourth-order valence-electron chi connectivity index (χ4n) is 2.23. The van der Waals surface area contributed by atoms with E-state index in [9.17, 15) is 13.2 Å². The number of nitrogens with one attached hydrogen (secondary N) is 1. The predicted molar refractivity (Wildman–Crippen MR) is 102 cm³/mol. The van der Waals surface area contributed by atoms with Gasteiger partial charge in [0.1, 0.15) is 0 Å². The molecular formula is C17H15BrN4O3S. The Hall–Kier alpha value is -2.52. The average Bonchev–Trinajstić information content (AvgIpc) is 2.90. The van der Waals surface area contributed by atoms with Crippen LogP contribution in [0.3, 0.4) is 0 Å². The molecule has 0 saturated heterocycles. The number of hydrogen-bond donors (Lipinski definition) is 1. The molecule has 0 unspecified atom stereocenters. The number of aromatic nitrogens is 2. The lowest BCUT2D eigenvalue weighted by Crippen LogP contribution is -2.25. The molecule has 26 heavy (non-hydrogen) atoms. The van der Waals surface area contributed by atoms with Crippen LogP contribution in [0, 0.1) is 13.8 Å². The molecule has 1 heterocycles. The number of nitrogens with zero attached hydrogens (tertiary/aromatic N) is 3. The Morgan fingerprint density at radius 3 is 2.19 bits per heavy atom. The van der Waals surface area contributed by atoms with Crippen LogP contribution < -0.4 is 5.56 Å². The fraction of sp³-hybridized carbons (Fsp3) is 0.118. The third kappa shape index (κ3) is 3.54. The van der Waals surface area contributed by atoms with Crippen molar-refractivity contribution in [2.24, 2.45) is 10.2 Å². The Morgan fingerprint density at radius 1 is 0.962 bits per heavy atom. The van der Waals surface area contributed by atoms with Gasteiger partial charge in [-0.15, -0.1) is 9.20 Å². The van der Waals surface area contributed by atoms with E-state index in [4.69, 9.17) is 0 Å². The number of aromatic amines is 1. The van der Waals surface area contributed by atoms with Crippen LogP contribution in [0.2, 0.25) is 0 Å². The first-order chi connectivity index (χ1) is 12.3. The molecule has 0 aliphatic rings. The topological polar surface area (TPSA) is 96.7 Å². The van der Waals surface area contributed by atoms with Gasteiger partial charge in [-0.05, 0) is 50.2 Å². The molecule has 134 valence electrons. The Kier molecular flexibility index (Phi) is 4.92. The molecule has 0 fully saturated rings. The molecule has 0 atom stereocenters. The van der Waals surface area contributed by atoms with Crippen molar-refractivity contribution in [3.05, 3.63) is 74.6 Å². The first-order valence-corrected chi connectivity index (χ1v) is 9.83. The summed E-state index contributed by atoms with van der Waals surface area (Å²) in [6.45, 7) is 3.42. The van der Waals surface area contributed by atoms with Crippen molar-refractivity contribution in [1.29, 1.82) is 0 Å². The third-order valence-electron chi connectivity index (χ3n) is 3.66. The highest BCUT2D eigenvalue weighted by atomic mass is 79.9. The Balaban J connectivity index is 2.01. The second-order valence-corrected chi connectivity index (χ2v) is 8.35. The first-order valence-electron chi connectivity index (χ1n) is 7.60. The van der Waals surface area contributed by atoms with Crippen molar-refractivity contribution < 1.29 is 8.42 Å². The maximum atomic E-state index is 12.7. The van der Waals surface area contributed by atoms with Crippen molar-refractivity contribution in [3.8, 4) is 0 Å². The first kappa shape index (κ1) is 18.3. The van der Waals surface area contributed by atoms with Gasteiger partial charge in [0, 0.05) is 4.47 Å². The third-order valence-corrected chi connectivity index (χ3v) is 5.80. The average molecular weight is 435 g/mol. The monoisotopic (exact) mass is 434 g/mol. The maximum absolute atomic E-state index is 12.7. The van der Waals surface area contributed by atoms with Gasteiger partial charge in [0.05, 0.1) is 16.3 Å². The molecule has 0 aliphatic carbocycles. The van der Waals surface area contributed by atoms with Crippen molar-refractivity contribution >= 4 is 37.3 Å². The van der Waals surface area contributed by atoms with Crippen molar-refractivity contribution in [2.75, 3.05) is 0 Å². The molecule has 3 rings (SSSR count). The highest BCUT2D eigenvalue weighted by Gasteiger charge is 2.23. The van der Waals surface area contributed by atoms with E-state index in [1.807, 2.05) is 6.92 Å². The normalized spacial score (nSPS) is 12.0. The van der Waals surface area contributed by atoms with Crippen LogP contribution in [-0.2, 0) is 10.0 Å². The van der Waals surface area contributed by atoms with Gasteiger partial charge in [-0.1, -0.05) is 33.6 Å². The lowest BCUT2D eigenvalue weighted by atomic mass is 10.2. The number of azo groups is 1. The predicted octanol–water partition coefficient (Wildman–Crippen LogP) is 4.21. The molecule has 0 radical (unpaired) electrons. The summed E-state index contributed by atoms with van der Waals surface area (Å²) < 4.78 is 26.9. The van der Waals surface area contributed by atoms with E-state index in [1.165, 1.54) is 12.1 Å². The van der Waals surface area contributed by atoms with Crippen LogP contribution in [-0.4, -0.2) is 17.6 Å². The quantitative estimate of drug-likeness (QED) is 0.622. The molecule has 0 saturated carbocycles. The Morgan fingerprint density at radius 2 is 1.58 bits per heavy atom. The van der Waals surface area contributed by atoms with Crippen LogP contribution in [0.5, 0.6) is 0 Å². The summed E-state index contributed by atoms with van der Waals surface area (Å²) in [5.41, 5.74) is 0.947. The van der Waals surface area contributed by atoms with Crippen LogP contribution in [0.25, 0.3) is 0 Å². The molecule has 9 heteroatoms. The van der Waals surface area contributed by atoms with Gasteiger partial charge in [-0.25, -0.2) is 0 Å². The molecule has 2 aromatic carbocycles. The number of benzene rings is 2. The molecule has 0 aliphatic heterocycles. The molecule has 1 aromatic heterocycles.